The third-order valence-electron chi connectivity index (χ3n) is 3.14. The molecule has 1 aromatic carbocycles. The Morgan fingerprint density at radius 1 is 1.44 bits per heavy atom. The van der Waals surface area contributed by atoms with Crippen molar-refractivity contribution in [1.29, 1.82) is 0 Å². The molecule has 2 nitrogen and oxygen atoms in total. The molecule has 0 bridgehead atoms. The summed E-state index contributed by atoms with van der Waals surface area (Å²) < 4.78 is 17.3. The number of aryl methyl sites for hydroxylation is 1. The lowest BCUT2D eigenvalue weighted by Gasteiger charge is -2.01. The van der Waals surface area contributed by atoms with Crippen LogP contribution in [0.15, 0.2) is 24.3 Å². The first-order valence-electron chi connectivity index (χ1n) is 5.53. The van der Waals surface area contributed by atoms with Crippen LogP contribution in [-0.4, -0.2) is 13.1 Å². The lowest BCUT2D eigenvalue weighted by atomic mass is 10.1. The summed E-state index contributed by atoms with van der Waals surface area (Å²) in [5.41, 5.74) is 1.12. The van der Waals surface area contributed by atoms with Gasteiger partial charge in [0.25, 0.3) is 0 Å². The maximum absolute atomic E-state index is 12.7. The van der Waals surface area contributed by atoms with Gasteiger partial charge < -0.3 is 4.74 Å². The van der Waals surface area contributed by atoms with E-state index in [9.17, 15) is 9.18 Å². The Morgan fingerprint density at radius 2 is 2.12 bits per heavy atom. The van der Waals surface area contributed by atoms with Crippen molar-refractivity contribution in [2.45, 2.75) is 19.3 Å². The van der Waals surface area contributed by atoms with Crippen molar-refractivity contribution in [2.24, 2.45) is 11.8 Å². The molecule has 2 atom stereocenters. The van der Waals surface area contributed by atoms with E-state index in [1.165, 1.54) is 19.2 Å². The number of rotatable bonds is 4. The monoisotopic (exact) mass is 222 g/mol. The van der Waals surface area contributed by atoms with Gasteiger partial charge in [0, 0.05) is 0 Å². The minimum atomic E-state index is -0.206. The van der Waals surface area contributed by atoms with Gasteiger partial charge in [-0.15, -0.1) is 0 Å². The van der Waals surface area contributed by atoms with Crippen molar-refractivity contribution >= 4 is 5.97 Å². The van der Waals surface area contributed by atoms with Crippen LogP contribution in [0.4, 0.5) is 4.39 Å². The van der Waals surface area contributed by atoms with Gasteiger partial charge in [-0.3, -0.25) is 4.79 Å². The second kappa shape index (κ2) is 4.64. The molecular weight excluding hydrogens is 207 g/mol. The fraction of sp³-hybridized carbons (Fsp3) is 0.462. The molecule has 0 aromatic heterocycles. The first kappa shape index (κ1) is 11.1. The number of benzene rings is 1. The maximum Gasteiger partial charge on any atom is 0.308 e. The number of hydrogen-bond acceptors (Lipinski definition) is 2. The van der Waals surface area contributed by atoms with Crippen molar-refractivity contribution in [3.63, 3.8) is 0 Å². The molecular formula is C13H15FO2. The molecule has 3 heteroatoms. The van der Waals surface area contributed by atoms with E-state index in [-0.39, 0.29) is 17.7 Å². The highest BCUT2D eigenvalue weighted by atomic mass is 19.1. The zero-order valence-corrected chi connectivity index (χ0v) is 9.28. The van der Waals surface area contributed by atoms with Crippen LogP contribution in [-0.2, 0) is 16.0 Å². The topological polar surface area (TPSA) is 26.3 Å². The van der Waals surface area contributed by atoms with Crippen LogP contribution in [0.25, 0.3) is 0 Å². The van der Waals surface area contributed by atoms with Crippen LogP contribution in [0.5, 0.6) is 0 Å². The normalized spacial score (nSPS) is 22.9. The number of hydrogen-bond donors (Lipinski definition) is 0. The van der Waals surface area contributed by atoms with E-state index < -0.39 is 0 Å². The minimum Gasteiger partial charge on any atom is -0.469 e. The molecule has 0 saturated heterocycles. The molecule has 0 radical (unpaired) electrons. The lowest BCUT2D eigenvalue weighted by molar-refractivity contribution is -0.142. The number of esters is 1. The first-order chi connectivity index (χ1) is 7.70. The van der Waals surface area contributed by atoms with Gasteiger partial charge in [0.05, 0.1) is 13.0 Å². The Hall–Kier alpha value is -1.38. The molecule has 1 aliphatic carbocycles. The molecule has 0 aliphatic heterocycles. The fourth-order valence-corrected chi connectivity index (χ4v) is 2.01. The van der Waals surface area contributed by atoms with Crippen molar-refractivity contribution in [3.8, 4) is 0 Å². The minimum absolute atomic E-state index is 0.0934. The van der Waals surface area contributed by atoms with Crippen molar-refractivity contribution in [3.05, 3.63) is 35.6 Å². The molecule has 2 unspecified atom stereocenters. The molecule has 16 heavy (non-hydrogen) atoms. The zero-order valence-electron chi connectivity index (χ0n) is 9.28. The average molecular weight is 222 g/mol. The van der Waals surface area contributed by atoms with Gasteiger partial charge in [0.15, 0.2) is 0 Å². The SMILES string of the molecule is COC(=O)C1CC1CCc1ccc(F)cc1. The van der Waals surface area contributed by atoms with Crippen LogP contribution in [0.3, 0.4) is 0 Å². The van der Waals surface area contributed by atoms with Gasteiger partial charge in [-0.25, -0.2) is 4.39 Å². The summed E-state index contributed by atoms with van der Waals surface area (Å²) in [7, 11) is 1.43. The zero-order chi connectivity index (χ0) is 11.5. The van der Waals surface area contributed by atoms with Crippen molar-refractivity contribution in [2.75, 3.05) is 7.11 Å². The third-order valence-corrected chi connectivity index (χ3v) is 3.14. The number of carbonyl (C=O) groups is 1. The number of methoxy groups -OCH3 is 1. The van der Waals surface area contributed by atoms with Crippen LogP contribution in [0, 0.1) is 17.7 Å². The molecule has 0 N–H and O–H groups in total. The van der Waals surface area contributed by atoms with Crippen LogP contribution >= 0.6 is 0 Å². The smallest absolute Gasteiger partial charge is 0.308 e. The number of halogens is 1. The standard InChI is InChI=1S/C13H15FO2/c1-16-13(15)12-8-10(12)5-2-9-3-6-11(14)7-4-9/h3-4,6-7,10,12H,2,5,8H2,1H3. The highest BCUT2D eigenvalue weighted by molar-refractivity contribution is 5.75. The highest BCUT2D eigenvalue weighted by Crippen LogP contribution is 2.42. The van der Waals surface area contributed by atoms with Crippen molar-refractivity contribution < 1.29 is 13.9 Å². The van der Waals surface area contributed by atoms with Gasteiger partial charge in [-0.2, -0.15) is 0 Å². The van der Waals surface area contributed by atoms with E-state index in [1.807, 2.05) is 0 Å². The van der Waals surface area contributed by atoms with E-state index in [0.717, 1.165) is 24.8 Å². The van der Waals surface area contributed by atoms with E-state index in [1.54, 1.807) is 12.1 Å². The molecule has 0 spiro atoms. The summed E-state index contributed by atoms with van der Waals surface area (Å²) in [5.74, 6) is 0.259. The summed E-state index contributed by atoms with van der Waals surface area (Å²) in [6.07, 6.45) is 2.82. The lowest BCUT2D eigenvalue weighted by Crippen LogP contribution is -2.04. The molecule has 1 saturated carbocycles. The van der Waals surface area contributed by atoms with E-state index in [2.05, 4.69) is 4.74 Å². The molecule has 1 aliphatic rings. The summed E-state index contributed by atoms with van der Waals surface area (Å²) in [4.78, 5) is 11.2. The number of ether oxygens (including phenoxy) is 1. The van der Waals surface area contributed by atoms with Crippen molar-refractivity contribution in [1.82, 2.24) is 0 Å². The summed E-state index contributed by atoms with van der Waals surface area (Å²) in [6.45, 7) is 0. The van der Waals surface area contributed by atoms with Gasteiger partial charge in [-0.1, -0.05) is 12.1 Å². The number of carbonyl (C=O) groups excluding carboxylic acids is 1. The maximum atomic E-state index is 12.7. The second-order valence-electron chi connectivity index (χ2n) is 4.29. The van der Waals surface area contributed by atoms with E-state index in [4.69, 9.17) is 0 Å². The largest absolute Gasteiger partial charge is 0.469 e. The Labute approximate surface area is 94.4 Å². The van der Waals surface area contributed by atoms with Gasteiger partial charge in [0.1, 0.15) is 5.82 Å². The fourth-order valence-electron chi connectivity index (χ4n) is 2.01. The van der Waals surface area contributed by atoms with Gasteiger partial charge in [0.2, 0.25) is 0 Å². The van der Waals surface area contributed by atoms with E-state index in [0.29, 0.717) is 5.92 Å². The Balaban J connectivity index is 1.77. The van der Waals surface area contributed by atoms with E-state index >= 15 is 0 Å². The quantitative estimate of drug-likeness (QED) is 0.732. The molecule has 0 amide bonds. The molecule has 0 heterocycles. The van der Waals surface area contributed by atoms with Crippen LogP contribution in [0.2, 0.25) is 0 Å². The highest BCUT2D eigenvalue weighted by Gasteiger charge is 2.43. The Morgan fingerprint density at radius 3 is 2.75 bits per heavy atom. The predicted molar refractivity (Wildman–Crippen MR) is 58.3 cm³/mol. The second-order valence-corrected chi connectivity index (χ2v) is 4.29. The molecule has 2 rings (SSSR count). The summed E-state index contributed by atoms with van der Waals surface area (Å²) in [6, 6.07) is 6.54. The van der Waals surface area contributed by atoms with Crippen LogP contribution < -0.4 is 0 Å². The molecule has 1 aromatic rings. The third kappa shape index (κ3) is 2.60. The predicted octanol–water partition coefficient (Wildman–Crippen LogP) is 2.57. The summed E-state index contributed by atoms with van der Waals surface area (Å²) >= 11 is 0. The van der Waals surface area contributed by atoms with Gasteiger partial charge >= 0.3 is 5.97 Å². The van der Waals surface area contributed by atoms with Gasteiger partial charge in [-0.05, 0) is 42.9 Å². The first-order valence-corrected chi connectivity index (χ1v) is 5.53. The molecule has 1 fully saturated rings. The Kier molecular flexibility index (Phi) is 3.22. The summed E-state index contributed by atoms with van der Waals surface area (Å²) in [5, 5.41) is 0. The molecule has 86 valence electrons. The Bertz CT molecular complexity index is 372. The van der Waals surface area contributed by atoms with Crippen LogP contribution in [0.1, 0.15) is 18.4 Å². The average Bonchev–Trinajstić information content (AvgIpc) is 3.07.